The normalized spacial score (nSPS) is 22.6. The summed E-state index contributed by atoms with van der Waals surface area (Å²) in [5.41, 5.74) is 0. The van der Waals surface area contributed by atoms with Crippen LogP contribution in [0.15, 0.2) is 12.7 Å². The fourth-order valence-corrected chi connectivity index (χ4v) is 2.64. The Kier molecular flexibility index (Phi) is 7.54. The first-order valence-corrected chi connectivity index (χ1v) is 7.24. The molecule has 1 fully saturated rings. The molecule has 100 valence electrons. The highest BCUT2D eigenvalue weighted by atomic mass is 15.1. The van der Waals surface area contributed by atoms with E-state index in [1.165, 1.54) is 51.9 Å². The van der Waals surface area contributed by atoms with Crippen LogP contribution < -0.4 is 5.32 Å². The van der Waals surface area contributed by atoms with Gasteiger partial charge < -0.3 is 10.2 Å². The van der Waals surface area contributed by atoms with E-state index in [1.807, 2.05) is 6.08 Å². The maximum absolute atomic E-state index is 3.77. The van der Waals surface area contributed by atoms with Crippen molar-refractivity contribution in [3.05, 3.63) is 12.7 Å². The lowest BCUT2D eigenvalue weighted by Gasteiger charge is -2.29. The van der Waals surface area contributed by atoms with E-state index in [-0.39, 0.29) is 0 Å². The Morgan fingerprint density at radius 3 is 2.94 bits per heavy atom. The molecule has 1 heterocycles. The van der Waals surface area contributed by atoms with Gasteiger partial charge in [0.2, 0.25) is 0 Å². The molecule has 0 aromatic rings. The molecule has 1 saturated heterocycles. The van der Waals surface area contributed by atoms with E-state index in [9.17, 15) is 0 Å². The topological polar surface area (TPSA) is 15.3 Å². The Labute approximate surface area is 107 Å². The second-order valence-corrected chi connectivity index (χ2v) is 5.61. The fourth-order valence-electron chi connectivity index (χ4n) is 2.64. The highest BCUT2D eigenvalue weighted by molar-refractivity contribution is 4.74. The lowest BCUT2D eigenvalue weighted by Crippen LogP contribution is -2.34. The fraction of sp³-hybridized carbons (Fsp3) is 0.867. The molecule has 0 amide bonds. The summed E-state index contributed by atoms with van der Waals surface area (Å²) >= 11 is 0. The van der Waals surface area contributed by atoms with Crippen LogP contribution in [-0.4, -0.2) is 38.1 Å². The third-order valence-electron chi connectivity index (χ3n) is 4.05. The number of nitrogens with one attached hydrogen (secondary N) is 1. The van der Waals surface area contributed by atoms with E-state index in [1.54, 1.807) is 0 Å². The molecule has 1 rings (SSSR count). The van der Waals surface area contributed by atoms with Gasteiger partial charge in [-0.25, -0.2) is 0 Å². The Morgan fingerprint density at radius 1 is 1.47 bits per heavy atom. The molecule has 2 atom stereocenters. The summed E-state index contributed by atoms with van der Waals surface area (Å²) in [6.45, 7) is 11.1. The third kappa shape index (κ3) is 6.23. The molecule has 1 aliphatic rings. The Morgan fingerprint density at radius 2 is 2.29 bits per heavy atom. The van der Waals surface area contributed by atoms with E-state index < -0.39 is 0 Å². The number of rotatable bonds is 8. The molecule has 1 aliphatic heterocycles. The van der Waals surface area contributed by atoms with Crippen LogP contribution >= 0.6 is 0 Å². The van der Waals surface area contributed by atoms with Crippen molar-refractivity contribution < 1.29 is 0 Å². The molecule has 2 unspecified atom stereocenters. The zero-order valence-electron chi connectivity index (χ0n) is 11.8. The Hall–Kier alpha value is -0.340. The van der Waals surface area contributed by atoms with Gasteiger partial charge in [0.05, 0.1) is 0 Å². The summed E-state index contributed by atoms with van der Waals surface area (Å²) in [5.74, 6) is 1.77. The van der Waals surface area contributed by atoms with Gasteiger partial charge in [-0.2, -0.15) is 0 Å². The highest BCUT2D eigenvalue weighted by Crippen LogP contribution is 2.22. The molecule has 17 heavy (non-hydrogen) atoms. The minimum absolute atomic E-state index is 0.865. The molecule has 0 bridgehead atoms. The average molecular weight is 238 g/mol. The van der Waals surface area contributed by atoms with Crippen molar-refractivity contribution in [2.24, 2.45) is 11.8 Å². The number of hydrogen-bond acceptors (Lipinski definition) is 2. The van der Waals surface area contributed by atoms with Crippen molar-refractivity contribution in [2.75, 3.05) is 33.2 Å². The highest BCUT2D eigenvalue weighted by Gasteiger charge is 2.19. The summed E-state index contributed by atoms with van der Waals surface area (Å²) in [5, 5.41) is 3.52. The molecule has 0 radical (unpaired) electrons. The lowest BCUT2D eigenvalue weighted by molar-refractivity contribution is 0.232. The molecule has 0 aromatic heterocycles. The first kappa shape index (κ1) is 14.7. The molecule has 0 saturated carbocycles. The van der Waals surface area contributed by atoms with Crippen LogP contribution in [0.1, 0.15) is 39.0 Å². The Balaban J connectivity index is 2.09. The molecule has 0 aliphatic carbocycles. The summed E-state index contributed by atoms with van der Waals surface area (Å²) in [6.07, 6.45) is 8.55. The molecule has 2 heteroatoms. The van der Waals surface area contributed by atoms with Gasteiger partial charge >= 0.3 is 0 Å². The minimum atomic E-state index is 0.865. The van der Waals surface area contributed by atoms with Crippen LogP contribution in [-0.2, 0) is 0 Å². The minimum Gasteiger partial charge on any atom is -0.316 e. The van der Waals surface area contributed by atoms with Gasteiger partial charge in [-0.05, 0) is 77.2 Å². The predicted molar refractivity (Wildman–Crippen MR) is 76.3 cm³/mol. The summed E-state index contributed by atoms with van der Waals surface area (Å²) in [4.78, 5) is 2.47. The van der Waals surface area contributed by atoms with Crippen molar-refractivity contribution in [2.45, 2.75) is 39.0 Å². The van der Waals surface area contributed by atoms with E-state index in [4.69, 9.17) is 0 Å². The summed E-state index contributed by atoms with van der Waals surface area (Å²) < 4.78 is 0. The second-order valence-electron chi connectivity index (χ2n) is 5.61. The maximum Gasteiger partial charge on any atom is -0.00180 e. The van der Waals surface area contributed by atoms with Gasteiger partial charge in [0, 0.05) is 0 Å². The van der Waals surface area contributed by atoms with Crippen LogP contribution in [0.3, 0.4) is 0 Å². The zero-order valence-corrected chi connectivity index (χ0v) is 11.8. The SMILES string of the molecule is C=CCCCN(C)CCC(C)C1CCCNC1. The maximum atomic E-state index is 3.77. The quantitative estimate of drug-likeness (QED) is 0.517. The molecular weight excluding hydrogens is 208 g/mol. The van der Waals surface area contributed by atoms with Gasteiger partial charge in [0.15, 0.2) is 0 Å². The predicted octanol–water partition coefficient (Wildman–Crippen LogP) is 2.91. The number of piperidine rings is 1. The number of allylic oxidation sites excluding steroid dienone is 1. The first-order chi connectivity index (χ1) is 8.24. The van der Waals surface area contributed by atoms with Crippen LogP contribution in [0.2, 0.25) is 0 Å². The van der Waals surface area contributed by atoms with Crippen molar-refractivity contribution in [1.29, 1.82) is 0 Å². The molecule has 1 N–H and O–H groups in total. The van der Waals surface area contributed by atoms with Crippen molar-refractivity contribution in [1.82, 2.24) is 10.2 Å². The Bertz CT molecular complexity index is 197. The van der Waals surface area contributed by atoms with Crippen molar-refractivity contribution >= 4 is 0 Å². The standard InChI is InChI=1S/C15H30N2/c1-4-5-6-11-17(3)12-9-14(2)15-8-7-10-16-13-15/h4,14-16H,1,5-13H2,2-3H3. The summed E-state index contributed by atoms with van der Waals surface area (Å²) in [6, 6.07) is 0. The van der Waals surface area contributed by atoms with Crippen molar-refractivity contribution in [3.8, 4) is 0 Å². The van der Waals surface area contributed by atoms with E-state index in [2.05, 4.69) is 30.8 Å². The monoisotopic (exact) mass is 238 g/mol. The number of hydrogen-bond donors (Lipinski definition) is 1. The van der Waals surface area contributed by atoms with E-state index >= 15 is 0 Å². The third-order valence-corrected chi connectivity index (χ3v) is 4.05. The van der Waals surface area contributed by atoms with Gasteiger partial charge in [-0.1, -0.05) is 13.0 Å². The number of unbranched alkanes of at least 4 members (excludes halogenated alkanes) is 1. The zero-order chi connectivity index (χ0) is 12.5. The lowest BCUT2D eigenvalue weighted by atomic mass is 9.85. The van der Waals surface area contributed by atoms with Crippen LogP contribution in [0.25, 0.3) is 0 Å². The molecule has 0 spiro atoms. The van der Waals surface area contributed by atoms with Crippen LogP contribution in [0, 0.1) is 11.8 Å². The first-order valence-electron chi connectivity index (χ1n) is 7.24. The molecular formula is C15H30N2. The van der Waals surface area contributed by atoms with Crippen LogP contribution in [0.5, 0.6) is 0 Å². The van der Waals surface area contributed by atoms with E-state index in [0.717, 1.165) is 18.3 Å². The van der Waals surface area contributed by atoms with E-state index in [0.29, 0.717) is 0 Å². The van der Waals surface area contributed by atoms with Crippen LogP contribution in [0.4, 0.5) is 0 Å². The van der Waals surface area contributed by atoms with Gasteiger partial charge in [0.25, 0.3) is 0 Å². The van der Waals surface area contributed by atoms with Gasteiger partial charge in [-0.15, -0.1) is 6.58 Å². The largest absolute Gasteiger partial charge is 0.316 e. The smallest absolute Gasteiger partial charge is 0.00180 e. The van der Waals surface area contributed by atoms with Crippen molar-refractivity contribution in [3.63, 3.8) is 0 Å². The van der Waals surface area contributed by atoms with Gasteiger partial charge in [0.1, 0.15) is 0 Å². The summed E-state index contributed by atoms with van der Waals surface area (Å²) in [7, 11) is 2.24. The number of nitrogens with zero attached hydrogens (tertiary/aromatic N) is 1. The average Bonchev–Trinajstić information content (AvgIpc) is 2.37. The van der Waals surface area contributed by atoms with Gasteiger partial charge in [-0.3, -0.25) is 0 Å². The molecule has 2 nitrogen and oxygen atoms in total. The molecule has 0 aromatic carbocycles. The second kappa shape index (κ2) is 8.71.